The lowest BCUT2D eigenvalue weighted by Crippen LogP contribution is -2.32. The number of benzene rings is 1. The SMILES string of the molecule is CC[C@@H](C)NC(=O)CCc1ccc(S(=O)(=O)NC(C)C)cc1. The third-order valence-corrected chi connectivity index (χ3v) is 4.96. The number of aryl methyl sites for hydroxylation is 1. The third kappa shape index (κ3) is 6.15. The second kappa shape index (κ2) is 8.29. The lowest BCUT2D eigenvalue weighted by Gasteiger charge is -2.12. The number of carbonyl (C=O) groups is 1. The van der Waals surface area contributed by atoms with Gasteiger partial charge in [0.15, 0.2) is 0 Å². The van der Waals surface area contributed by atoms with Gasteiger partial charge in [-0.05, 0) is 51.3 Å². The number of amides is 1. The van der Waals surface area contributed by atoms with Crippen molar-refractivity contribution in [1.82, 2.24) is 10.0 Å². The van der Waals surface area contributed by atoms with E-state index in [9.17, 15) is 13.2 Å². The van der Waals surface area contributed by atoms with Crippen LogP contribution in [-0.4, -0.2) is 26.4 Å². The van der Waals surface area contributed by atoms with Crippen LogP contribution >= 0.6 is 0 Å². The molecule has 2 N–H and O–H groups in total. The van der Waals surface area contributed by atoms with E-state index in [0.29, 0.717) is 12.8 Å². The van der Waals surface area contributed by atoms with E-state index in [1.807, 2.05) is 13.8 Å². The summed E-state index contributed by atoms with van der Waals surface area (Å²) < 4.78 is 26.5. The van der Waals surface area contributed by atoms with E-state index in [2.05, 4.69) is 10.0 Å². The van der Waals surface area contributed by atoms with Crippen LogP contribution in [0.5, 0.6) is 0 Å². The van der Waals surface area contributed by atoms with Crippen LogP contribution in [0.3, 0.4) is 0 Å². The molecule has 0 fully saturated rings. The molecule has 0 saturated carbocycles. The molecule has 22 heavy (non-hydrogen) atoms. The number of sulfonamides is 1. The van der Waals surface area contributed by atoms with Gasteiger partial charge < -0.3 is 5.32 Å². The van der Waals surface area contributed by atoms with Gasteiger partial charge in [0, 0.05) is 18.5 Å². The van der Waals surface area contributed by atoms with Gasteiger partial charge >= 0.3 is 0 Å². The highest BCUT2D eigenvalue weighted by Crippen LogP contribution is 2.12. The average molecular weight is 326 g/mol. The van der Waals surface area contributed by atoms with Gasteiger partial charge in [0.25, 0.3) is 0 Å². The zero-order valence-corrected chi connectivity index (χ0v) is 14.5. The summed E-state index contributed by atoms with van der Waals surface area (Å²) >= 11 is 0. The van der Waals surface area contributed by atoms with Gasteiger partial charge in [-0.25, -0.2) is 13.1 Å². The van der Waals surface area contributed by atoms with Crippen LogP contribution in [0, 0.1) is 0 Å². The largest absolute Gasteiger partial charge is 0.354 e. The topological polar surface area (TPSA) is 75.3 Å². The highest BCUT2D eigenvalue weighted by Gasteiger charge is 2.15. The van der Waals surface area contributed by atoms with Gasteiger partial charge in [-0.1, -0.05) is 19.1 Å². The van der Waals surface area contributed by atoms with Crippen molar-refractivity contribution in [2.45, 2.75) is 63.9 Å². The molecule has 1 atom stereocenters. The quantitative estimate of drug-likeness (QED) is 0.769. The van der Waals surface area contributed by atoms with Crippen molar-refractivity contribution in [3.8, 4) is 0 Å². The molecule has 0 unspecified atom stereocenters. The Hall–Kier alpha value is -1.40. The minimum atomic E-state index is -3.46. The Balaban J connectivity index is 2.61. The number of nitrogens with one attached hydrogen (secondary N) is 2. The molecule has 0 aromatic heterocycles. The fraction of sp³-hybridized carbons (Fsp3) is 0.562. The van der Waals surface area contributed by atoms with Crippen LogP contribution in [0.25, 0.3) is 0 Å². The Morgan fingerprint density at radius 1 is 1.14 bits per heavy atom. The van der Waals surface area contributed by atoms with Gasteiger partial charge in [0.05, 0.1) is 4.90 Å². The van der Waals surface area contributed by atoms with Gasteiger partial charge in [-0.2, -0.15) is 0 Å². The summed E-state index contributed by atoms with van der Waals surface area (Å²) in [5.41, 5.74) is 0.947. The fourth-order valence-corrected chi connectivity index (χ4v) is 3.17. The zero-order chi connectivity index (χ0) is 16.8. The molecular weight excluding hydrogens is 300 g/mol. The molecule has 0 aliphatic carbocycles. The van der Waals surface area contributed by atoms with Gasteiger partial charge in [-0.3, -0.25) is 4.79 Å². The minimum Gasteiger partial charge on any atom is -0.354 e. The van der Waals surface area contributed by atoms with E-state index >= 15 is 0 Å². The molecule has 5 nitrogen and oxygen atoms in total. The van der Waals surface area contributed by atoms with Crippen LogP contribution in [0.2, 0.25) is 0 Å². The molecular formula is C16H26N2O3S. The molecule has 1 rings (SSSR count). The Morgan fingerprint density at radius 3 is 2.23 bits per heavy atom. The molecule has 124 valence electrons. The van der Waals surface area contributed by atoms with Crippen LogP contribution in [0.4, 0.5) is 0 Å². The fourth-order valence-electron chi connectivity index (χ4n) is 1.92. The second-order valence-electron chi connectivity index (χ2n) is 5.80. The van der Waals surface area contributed by atoms with Crippen molar-refractivity contribution < 1.29 is 13.2 Å². The van der Waals surface area contributed by atoms with E-state index in [1.54, 1.807) is 38.1 Å². The lowest BCUT2D eigenvalue weighted by atomic mass is 10.1. The highest BCUT2D eigenvalue weighted by molar-refractivity contribution is 7.89. The van der Waals surface area contributed by atoms with Gasteiger partial charge in [0.2, 0.25) is 15.9 Å². The van der Waals surface area contributed by atoms with Crippen molar-refractivity contribution in [3.63, 3.8) is 0 Å². The molecule has 0 radical (unpaired) electrons. The van der Waals surface area contributed by atoms with Crippen molar-refractivity contribution >= 4 is 15.9 Å². The molecule has 0 saturated heterocycles. The zero-order valence-electron chi connectivity index (χ0n) is 13.7. The summed E-state index contributed by atoms with van der Waals surface area (Å²) in [7, 11) is -3.46. The molecule has 0 aliphatic rings. The lowest BCUT2D eigenvalue weighted by molar-refractivity contribution is -0.121. The van der Waals surface area contributed by atoms with Crippen LogP contribution < -0.4 is 10.0 Å². The van der Waals surface area contributed by atoms with Gasteiger partial charge in [0.1, 0.15) is 0 Å². The molecule has 1 amide bonds. The van der Waals surface area contributed by atoms with Gasteiger partial charge in [-0.15, -0.1) is 0 Å². The first-order chi connectivity index (χ1) is 10.2. The summed E-state index contributed by atoms with van der Waals surface area (Å²) in [6, 6.07) is 6.70. The van der Waals surface area contributed by atoms with E-state index in [1.165, 1.54) is 0 Å². The molecule has 6 heteroatoms. The molecule has 0 aliphatic heterocycles. The summed E-state index contributed by atoms with van der Waals surface area (Å²) in [4.78, 5) is 12.0. The summed E-state index contributed by atoms with van der Waals surface area (Å²) in [6.07, 6.45) is 1.90. The molecule has 1 aromatic rings. The van der Waals surface area contributed by atoms with Crippen LogP contribution in [-0.2, 0) is 21.2 Å². The minimum absolute atomic E-state index is 0.0209. The number of hydrogen-bond donors (Lipinski definition) is 2. The van der Waals surface area contributed by atoms with E-state index in [-0.39, 0.29) is 22.9 Å². The predicted molar refractivity (Wildman–Crippen MR) is 88.1 cm³/mol. The van der Waals surface area contributed by atoms with Crippen molar-refractivity contribution in [3.05, 3.63) is 29.8 Å². The van der Waals surface area contributed by atoms with Crippen molar-refractivity contribution in [2.24, 2.45) is 0 Å². The maximum Gasteiger partial charge on any atom is 0.240 e. The van der Waals surface area contributed by atoms with Crippen LogP contribution in [0.15, 0.2) is 29.2 Å². The standard InChI is InChI=1S/C16H26N2O3S/c1-5-13(4)17-16(19)11-8-14-6-9-15(10-7-14)22(20,21)18-12(2)3/h6-7,9-10,12-13,18H,5,8,11H2,1-4H3,(H,17,19)/t13-/m1/s1. The third-order valence-electron chi connectivity index (χ3n) is 3.29. The first-order valence-corrected chi connectivity index (χ1v) is 9.13. The van der Waals surface area contributed by atoms with Crippen LogP contribution in [0.1, 0.15) is 46.1 Å². The monoisotopic (exact) mass is 326 g/mol. The number of hydrogen-bond acceptors (Lipinski definition) is 3. The Morgan fingerprint density at radius 2 is 1.73 bits per heavy atom. The summed E-state index contributed by atoms with van der Waals surface area (Å²) in [6.45, 7) is 7.55. The van der Waals surface area contributed by atoms with Crippen molar-refractivity contribution in [2.75, 3.05) is 0 Å². The van der Waals surface area contributed by atoms with E-state index < -0.39 is 10.0 Å². The Kier molecular flexibility index (Phi) is 7.03. The Labute approximate surface area is 133 Å². The first kappa shape index (κ1) is 18.6. The smallest absolute Gasteiger partial charge is 0.240 e. The summed E-state index contributed by atoms with van der Waals surface area (Å²) in [5, 5.41) is 2.91. The van der Waals surface area contributed by atoms with E-state index in [4.69, 9.17) is 0 Å². The maximum atomic E-state index is 12.0. The summed E-state index contributed by atoms with van der Waals surface area (Å²) in [5.74, 6) is 0.0209. The maximum absolute atomic E-state index is 12.0. The number of carbonyl (C=O) groups excluding carboxylic acids is 1. The van der Waals surface area contributed by atoms with E-state index in [0.717, 1.165) is 12.0 Å². The molecule has 0 bridgehead atoms. The second-order valence-corrected chi connectivity index (χ2v) is 7.51. The highest BCUT2D eigenvalue weighted by atomic mass is 32.2. The average Bonchev–Trinajstić information content (AvgIpc) is 2.44. The van der Waals surface area contributed by atoms with Crippen molar-refractivity contribution in [1.29, 1.82) is 0 Å². The molecule has 0 heterocycles. The predicted octanol–water partition coefficient (Wildman–Crippen LogP) is 2.22. The molecule has 0 spiro atoms. The molecule has 1 aromatic carbocycles. The normalized spacial score (nSPS) is 13.1. The number of rotatable bonds is 8. The first-order valence-electron chi connectivity index (χ1n) is 7.65. The Bertz CT molecular complexity index is 580.